The summed E-state index contributed by atoms with van der Waals surface area (Å²) in [4.78, 5) is 11.7. The molecule has 1 saturated carbocycles. The molecule has 1 aromatic carbocycles. The van der Waals surface area contributed by atoms with Gasteiger partial charge in [0, 0.05) is 15.7 Å². The van der Waals surface area contributed by atoms with E-state index in [-0.39, 0.29) is 5.91 Å². The van der Waals surface area contributed by atoms with Gasteiger partial charge in [-0.05, 0) is 59.2 Å². The number of carbonyl (C=O) groups is 1. The Labute approximate surface area is 110 Å². The van der Waals surface area contributed by atoms with Crippen molar-refractivity contribution in [2.24, 2.45) is 5.92 Å². The summed E-state index contributed by atoms with van der Waals surface area (Å²) in [6.07, 6.45) is 5.20. The van der Waals surface area contributed by atoms with Crippen LogP contribution >= 0.6 is 22.6 Å². The molecule has 0 aromatic heterocycles. The topological polar surface area (TPSA) is 29.1 Å². The van der Waals surface area contributed by atoms with Gasteiger partial charge in [-0.25, -0.2) is 0 Å². The molecule has 1 fully saturated rings. The van der Waals surface area contributed by atoms with Crippen LogP contribution in [0, 0.1) is 9.49 Å². The van der Waals surface area contributed by atoms with Gasteiger partial charge in [0.1, 0.15) is 0 Å². The summed E-state index contributed by atoms with van der Waals surface area (Å²) in [6, 6.07) is 7.67. The first-order chi connectivity index (χ1) is 7.75. The first-order valence-electron chi connectivity index (χ1n) is 5.79. The molecule has 2 nitrogen and oxygen atoms in total. The Hall–Kier alpha value is -0.580. The van der Waals surface area contributed by atoms with Crippen LogP contribution in [0.15, 0.2) is 24.3 Å². The summed E-state index contributed by atoms with van der Waals surface area (Å²) in [5, 5.41) is 2.98. The van der Waals surface area contributed by atoms with Crippen molar-refractivity contribution >= 4 is 28.5 Å². The Balaban J connectivity index is 1.76. The maximum Gasteiger partial charge on any atom is 0.251 e. The van der Waals surface area contributed by atoms with Crippen molar-refractivity contribution in [1.82, 2.24) is 5.32 Å². The Morgan fingerprint density at radius 3 is 2.56 bits per heavy atom. The summed E-state index contributed by atoms with van der Waals surface area (Å²) >= 11 is 2.24. The Kier molecular flexibility index (Phi) is 4.21. The monoisotopic (exact) mass is 329 g/mol. The molecule has 0 saturated heterocycles. The molecule has 1 N–H and O–H groups in total. The van der Waals surface area contributed by atoms with Crippen molar-refractivity contribution in [3.63, 3.8) is 0 Å². The number of benzene rings is 1. The highest BCUT2D eigenvalue weighted by atomic mass is 127. The highest BCUT2D eigenvalue weighted by Crippen LogP contribution is 2.28. The van der Waals surface area contributed by atoms with Gasteiger partial charge in [0.2, 0.25) is 0 Å². The average Bonchev–Trinajstić information content (AvgIpc) is 2.22. The van der Waals surface area contributed by atoms with E-state index in [9.17, 15) is 4.79 Å². The molecule has 0 atom stereocenters. The minimum Gasteiger partial charge on any atom is -0.352 e. The lowest BCUT2D eigenvalue weighted by Gasteiger charge is -2.25. The molecular formula is C13H16INO. The van der Waals surface area contributed by atoms with Crippen LogP contribution in [-0.4, -0.2) is 12.5 Å². The van der Waals surface area contributed by atoms with E-state index >= 15 is 0 Å². The SMILES string of the molecule is O=C(NCCC1CCC1)c1ccc(I)cc1. The average molecular weight is 329 g/mol. The number of hydrogen-bond acceptors (Lipinski definition) is 1. The van der Waals surface area contributed by atoms with E-state index in [1.165, 1.54) is 19.3 Å². The van der Waals surface area contributed by atoms with Gasteiger partial charge in [0.05, 0.1) is 0 Å². The van der Waals surface area contributed by atoms with E-state index in [1.807, 2.05) is 24.3 Å². The van der Waals surface area contributed by atoms with Crippen LogP contribution in [0.1, 0.15) is 36.0 Å². The Bertz CT molecular complexity index is 357. The smallest absolute Gasteiger partial charge is 0.251 e. The predicted molar refractivity (Wildman–Crippen MR) is 73.5 cm³/mol. The summed E-state index contributed by atoms with van der Waals surface area (Å²) in [5.74, 6) is 0.910. The third-order valence-corrected chi connectivity index (χ3v) is 3.89. The highest BCUT2D eigenvalue weighted by Gasteiger charge is 2.16. The molecule has 16 heavy (non-hydrogen) atoms. The largest absolute Gasteiger partial charge is 0.352 e. The molecule has 0 unspecified atom stereocenters. The van der Waals surface area contributed by atoms with Crippen molar-refractivity contribution in [2.75, 3.05) is 6.54 Å². The van der Waals surface area contributed by atoms with Gasteiger partial charge in [0.25, 0.3) is 5.91 Å². The number of amides is 1. The first-order valence-corrected chi connectivity index (χ1v) is 6.87. The lowest BCUT2D eigenvalue weighted by molar-refractivity contribution is 0.0949. The number of halogens is 1. The summed E-state index contributed by atoms with van der Waals surface area (Å²) in [5.41, 5.74) is 0.758. The third-order valence-electron chi connectivity index (χ3n) is 3.17. The lowest BCUT2D eigenvalue weighted by Crippen LogP contribution is -2.27. The molecule has 1 aliphatic rings. The maximum absolute atomic E-state index is 11.7. The molecule has 1 amide bonds. The van der Waals surface area contributed by atoms with Gasteiger partial charge < -0.3 is 5.32 Å². The number of carbonyl (C=O) groups excluding carboxylic acids is 1. The van der Waals surface area contributed by atoms with Crippen LogP contribution in [0.4, 0.5) is 0 Å². The molecule has 1 aliphatic carbocycles. The van der Waals surface area contributed by atoms with E-state index in [0.717, 1.165) is 28.0 Å². The van der Waals surface area contributed by atoms with Gasteiger partial charge >= 0.3 is 0 Å². The van der Waals surface area contributed by atoms with Crippen molar-refractivity contribution in [1.29, 1.82) is 0 Å². The van der Waals surface area contributed by atoms with Gasteiger partial charge in [-0.3, -0.25) is 4.79 Å². The van der Waals surface area contributed by atoms with Gasteiger partial charge in [-0.15, -0.1) is 0 Å². The van der Waals surface area contributed by atoms with Crippen LogP contribution < -0.4 is 5.32 Å². The Morgan fingerprint density at radius 1 is 1.31 bits per heavy atom. The zero-order valence-corrected chi connectivity index (χ0v) is 11.4. The summed E-state index contributed by atoms with van der Waals surface area (Å²) in [6.45, 7) is 0.815. The quantitative estimate of drug-likeness (QED) is 0.845. The molecule has 86 valence electrons. The number of rotatable bonds is 4. The van der Waals surface area contributed by atoms with Gasteiger partial charge in [-0.1, -0.05) is 19.3 Å². The number of nitrogens with one attached hydrogen (secondary N) is 1. The minimum atomic E-state index is 0.0516. The second-order valence-corrected chi connectivity index (χ2v) is 5.59. The van der Waals surface area contributed by atoms with Crippen LogP contribution in [0.3, 0.4) is 0 Å². The van der Waals surface area contributed by atoms with Crippen LogP contribution in [0.5, 0.6) is 0 Å². The fraction of sp³-hybridized carbons (Fsp3) is 0.462. The third kappa shape index (κ3) is 3.20. The van der Waals surface area contributed by atoms with Crippen molar-refractivity contribution in [3.8, 4) is 0 Å². The van der Waals surface area contributed by atoms with Crippen LogP contribution in [0.2, 0.25) is 0 Å². The zero-order valence-electron chi connectivity index (χ0n) is 9.21. The molecule has 3 heteroatoms. The fourth-order valence-corrected chi connectivity index (χ4v) is 2.23. The molecule has 0 radical (unpaired) electrons. The molecule has 0 heterocycles. The molecule has 0 spiro atoms. The van der Waals surface area contributed by atoms with Gasteiger partial charge in [-0.2, -0.15) is 0 Å². The maximum atomic E-state index is 11.7. The summed E-state index contributed by atoms with van der Waals surface area (Å²) in [7, 11) is 0. The van der Waals surface area contributed by atoms with E-state index in [0.29, 0.717) is 0 Å². The molecule has 0 bridgehead atoms. The van der Waals surface area contributed by atoms with Crippen molar-refractivity contribution < 1.29 is 4.79 Å². The summed E-state index contributed by atoms with van der Waals surface area (Å²) < 4.78 is 1.16. The highest BCUT2D eigenvalue weighted by molar-refractivity contribution is 14.1. The second-order valence-electron chi connectivity index (χ2n) is 4.35. The van der Waals surface area contributed by atoms with Crippen molar-refractivity contribution in [2.45, 2.75) is 25.7 Å². The second kappa shape index (κ2) is 5.66. The fourth-order valence-electron chi connectivity index (χ4n) is 1.87. The molecular weight excluding hydrogens is 313 g/mol. The van der Waals surface area contributed by atoms with Gasteiger partial charge in [0.15, 0.2) is 0 Å². The van der Waals surface area contributed by atoms with Crippen molar-refractivity contribution in [3.05, 3.63) is 33.4 Å². The normalized spacial score (nSPS) is 15.6. The first kappa shape index (κ1) is 11.9. The zero-order chi connectivity index (χ0) is 11.4. The Morgan fingerprint density at radius 2 is 2.00 bits per heavy atom. The molecule has 1 aromatic rings. The van der Waals surface area contributed by atoms with E-state index in [1.54, 1.807) is 0 Å². The lowest BCUT2D eigenvalue weighted by atomic mass is 9.83. The molecule has 2 rings (SSSR count). The van der Waals surface area contributed by atoms with E-state index < -0.39 is 0 Å². The predicted octanol–water partition coefficient (Wildman–Crippen LogP) is 3.21. The standard InChI is InChI=1S/C13H16INO/c14-12-6-4-11(5-7-12)13(16)15-9-8-10-2-1-3-10/h4-7,10H,1-3,8-9H2,(H,15,16). The van der Waals surface area contributed by atoms with Crippen LogP contribution in [-0.2, 0) is 0 Å². The van der Waals surface area contributed by atoms with E-state index in [4.69, 9.17) is 0 Å². The minimum absolute atomic E-state index is 0.0516. The van der Waals surface area contributed by atoms with E-state index in [2.05, 4.69) is 27.9 Å². The molecule has 0 aliphatic heterocycles. The number of hydrogen-bond donors (Lipinski definition) is 1. The van der Waals surface area contributed by atoms with Crippen LogP contribution in [0.25, 0.3) is 0 Å².